The normalized spacial score (nSPS) is 15.5. The van der Waals surface area contributed by atoms with E-state index < -0.39 is 5.97 Å². The minimum absolute atomic E-state index is 0.129. The fourth-order valence-electron chi connectivity index (χ4n) is 2.60. The van der Waals surface area contributed by atoms with E-state index in [0.717, 1.165) is 38.8 Å². The number of carbonyl (C=O) groups is 2. The molecule has 1 fully saturated rings. The second-order valence-corrected chi connectivity index (χ2v) is 5.41. The Balaban J connectivity index is 1.57. The zero-order valence-electron chi connectivity index (χ0n) is 12.3. The van der Waals surface area contributed by atoms with Gasteiger partial charge in [0.15, 0.2) is 18.6 Å². The van der Waals surface area contributed by atoms with Gasteiger partial charge < -0.3 is 14.1 Å². The van der Waals surface area contributed by atoms with E-state index >= 15 is 0 Å². The van der Waals surface area contributed by atoms with Crippen molar-refractivity contribution in [1.29, 1.82) is 0 Å². The highest BCUT2D eigenvalue weighted by Gasteiger charge is 2.18. The summed E-state index contributed by atoms with van der Waals surface area (Å²) in [4.78, 5) is 29.8. The summed E-state index contributed by atoms with van der Waals surface area (Å²) in [5.74, 6) is -0.655. The molecule has 0 saturated carbocycles. The molecule has 1 aromatic carbocycles. The lowest BCUT2D eigenvalue weighted by Gasteiger charge is -2.19. The molecule has 1 amide bonds. The van der Waals surface area contributed by atoms with Crippen molar-refractivity contribution in [3.8, 4) is 0 Å². The van der Waals surface area contributed by atoms with Crippen LogP contribution in [0.15, 0.2) is 29.0 Å². The Labute approximate surface area is 128 Å². The van der Waals surface area contributed by atoms with Gasteiger partial charge in [-0.05, 0) is 31.0 Å². The van der Waals surface area contributed by atoms with Crippen LogP contribution in [0.1, 0.15) is 36.0 Å². The van der Waals surface area contributed by atoms with Gasteiger partial charge in [-0.2, -0.15) is 0 Å². The number of hydrogen-bond donors (Lipinski definition) is 0. The molecule has 6 heteroatoms. The molecule has 0 spiro atoms. The SMILES string of the molecule is O=C(OCC(=O)N1CCCCCC1)c1ccc2ncoc2c1. The lowest BCUT2D eigenvalue weighted by atomic mass is 10.2. The minimum atomic E-state index is -0.526. The highest BCUT2D eigenvalue weighted by atomic mass is 16.5. The molecule has 22 heavy (non-hydrogen) atoms. The van der Waals surface area contributed by atoms with Crippen LogP contribution in [0.25, 0.3) is 11.1 Å². The van der Waals surface area contributed by atoms with Crippen molar-refractivity contribution in [3.05, 3.63) is 30.2 Å². The molecule has 1 saturated heterocycles. The molecule has 0 atom stereocenters. The predicted molar refractivity (Wildman–Crippen MR) is 79.3 cm³/mol. The van der Waals surface area contributed by atoms with Gasteiger partial charge in [0.2, 0.25) is 0 Å². The average Bonchev–Trinajstić information content (AvgIpc) is 2.83. The highest BCUT2D eigenvalue weighted by molar-refractivity contribution is 5.94. The number of oxazole rings is 1. The Morgan fingerprint density at radius 1 is 1.18 bits per heavy atom. The third-order valence-corrected chi connectivity index (χ3v) is 3.85. The molecule has 116 valence electrons. The van der Waals surface area contributed by atoms with Gasteiger partial charge in [0.1, 0.15) is 5.52 Å². The van der Waals surface area contributed by atoms with E-state index in [1.807, 2.05) is 0 Å². The zero-order valence-corrected chi connectivity index (χ0v) is 12.3. The number of esters is 1. The maximum atomic E-state index is 12.1. The zero-order chi connectivity index (χ0) is 15.4. The smallest absolute Gasteiger partial charge is 0.338 e. The number of aromatic nitrogens is 1. The summed E-state index contributed by atoms with van der Waals surface area (Å²) in [5.41, 5.74) is 1.55. The van der Waals surface area contributed by atoms with Crippen LogP contribution in [0.4, 0.5) is 0 Å². The maximum Gasteiger partial charge on any atom is 0.338 e. The number of rotatable bonds is 3. The van der Waals surface area contributed by atoms with Crippen molar-refractivity contribution in [3.63, 3.8) is 0 Å². The number of nitrogens with zero attached hydrogens (tertiary/aromatic N) is 2. The van der Waals surface area contributed by atoms with Gasteiger partial charge >= 0.3 is 5.97 Å². The second-order valence-electron chi connectivity index (χ2n) is 5.41. The van der Waals surface area contributed by atoms with E-state index in [9.17, 15) is 9.59 Å². The van der Waals surface area contributed by atoms with E-state index in [2.05, 4.69) is 4.98 Å². The molecule has 0 bridgehead atoms. The number of likely N-dealkylation sites (tertiary alicyclic amines) is 1. The molecule has 1 aromatic heterocycles. The number of hydrogen-bond acceptors (Lipinski definition) is 5. The van der Waals surface area contributed by atoms with E-state index in [0.29, 0.717) is 16.7 Å². The summed E-state index contributed by atoms with van der Waals surface area (Å²) in [5, 5.41) is 0. The van der Waals surface area contributed by atoms with Gasteiger partial charge in [-0.15, -0.1) is 0 Å². The van der Waals surface area contributed by atoms with Gasteiger partial charge in [-0.25, -0.2) is 9.78 Å². The number of carbonyl (C=O) groups excluding carboxylic acids is 2. The van der Waals surface area contributed by atoms with Crippen LogP contribution in [0.3, 0.4) is 0 Å². The molecule has 0 N–H and O–H groups in total. The Morgan fingerprint density at radius 2 is 1.95 bits per heavy atom. The monoisotopic (exact) mass is 302 g/mol. The van der Waals surface area contributed by atoms with Crippen molar-refractivity contribution < 1.29 is 18.7 Å². The maximum absolute atomic E-state index is 12.1. The first-order valence-electron chi connectivity index (χ1n) is 7.52. The van der Waals surface area contributed by atoms with Crippen LogP contribution in [0.5, 0.6) is 0 Å². The van der Waals surface area contributed by atoms with Crippen LogP contribution in [-0.2, 0) is 9.53 Å². The van der Waals surface area contributed by atoms with E-state index in [4.69, 9.17) is 9.15 Å². The third-order valence-electron chi connectivity index (χ3n) is 3.85. The first-order valence-corrected chi connectivity index (χ1v) is 7.52. The second kappa shape index (κ2) is 6.60. The summed E-state index contributed by atoms with van der Waals surface area (Å²) in [7, 11) is 0. The van der Waals surface area contributed by atoms with Gasteiger partial charge in [0.05, 0.1) is 5.56 Å². The summed E-state index contributed by atoms with van der Waals surface area (Å²) in [6.45, 7) is 1.29. The van der Waals surface area contributed by atoms with Crippen LogP contribution >= 0.6 is 0 Å². The first-order chi connectivity index (χ1) is 10.7. The Hall–Kier alpha value is -2.37. The minimum Gasteiger partial charge on any atom is -0.452 e. The van der Waals surface area contributed by atoms with Gasteiger partial charge in [0.25, 0.3) is 5.91 Å². The fourth-order valence-corrected chi connectivity index (χ4v) is 2.60. The standard InChI is InChI=1S/C16H18N2O4/c19-15(18-7-3-1-2-4-8-18)10-21-16(20)12-5-6-13-14(9-12)22-11-17-13/h5-6,9,11H,1-4,7-8,10H2. The van der Waals surface area contributed by atoms with Crippen LogP contribution in [0, 0.1) is 0 Å². The van der Waals surface area contributed by atoms with Gasteiger partial charge in [-0.1, -0.05) is 12.8 Å². The van der Waals surface area contributed by atoms with Crippen molar-refractivity contribution in [2.75, 3.05) is 19.7 Å². The lowest BCUT2D eigenvalue weighted by Crippen LogP contribution is -2.35. The Bertz CT molecular complexity index is 672. The topological polar surface area (TPSA) is 72.6 Å². The van der Waals surface area contributed by atoms with Crippen molar-refractivity contribution in [2.45, 2.75) is 25.7 Å². The predicted octanol–water partition coefficient (Wildman–Crippen LogP) is 2.39. The first kappa shape index (κ1) is 14.6. The number of fused-ring (bicyclic) bond motifs is 1. The van der Waals surface area contributed by atoms with Crippen LogP contribution < -0.4 is 0 Å². The van der Waals surface area contributed by atoms with E-state index in [1.54, 1.807) is 23.1 Å². The highest BCUT2D eigenvalue weighted by Crippen LogP contribution is 2.15. The molecule has 2 aromatic rings. The van der Waals surface area contributed by atoms with Crippen molar-refractivity contribution >= 4 is 23.0 Å². The molecule has 0 radical (unpaired) electrons. The number of amides is 1. The average molecular weight is 302 g/mol. The molecule has 2 heterocycles. The van der Waals surface area contributed by atoms with Crippen molar-refractivity contribution in [1.82, 2.24) is 9.88 Å². The summed E-state index contributed by atoms with van der Waals surface area (Å²) >= 11 is 0. The summed E-state index contributed by atoms with van der Waals surface area (Å²) in [6, 6.07) is 4.87. The Kier molecular flexibility index (Phi) is 4.37. The van der Waals surface area contributed by atoms with Gasteiger partial charge in [0, 0.05) is 13.1 Å². The summed E-state index contributed by atoms with van der Waals surface area (Å²) in [6.07, 6.45) is 5.66. The molecule has 3 rings (SSSR count). The number of benzene rings is 1. The third kappa shape index (κ3) is 3.27. The summed E-state index contributed by atoms with van der Waals surface area (Å²) < 4.78 is 10.3. The number of ether oxygens (including phenoxy) is 1. The molecular weight excluding hydrogens is 284 g/mol. The van der Waals surface area contributed by atoms with Crippen LogP contribution in [0.2, 0.25) is 0 Å². The quantitative estimate of drug-likeness (QED) is 0.814. The molecule has 1 aliphatic heterocycles. The van der Waals surface area contributed by atoms with E-state index in [1.165, 1.54) is 6.39 Å². The lowest BCUT2D eigenvalue weighted by molar-refractivity contribution is -0.134. The molecular formula is C16H18N2O4. The molecule has 0 aliphatic carbocycles. The molecule has 1 aliphatic rings. The van der Waals surface area contributed by atoms with E-state index in [-0.39, 0.29) is 12.5 Å². The molecule has 0 unspecified atom stereocenters. The fraction of sp³-hybridized carbons (Fsp3) is 0.438. The molecule has 6 nitrogen and oxygen atoms in total. The van der Waals surface area contributed by atoms with Crippen molar-refractivity contribution in [2.24, 2.45) is 0 Å². The van der Waals surface area contributed by atoms with Crippen LogP contribution in [-0.4, -0.2) is 41.5 Å². The largest absolute Gasteiger partial charge is 0.452 e. The van der Waals surface area contributed by atoms with Gasteiger partial charge in [-0.3, -0.25) is 4.79 Å². The Morgan fingerprint density at radius 3 is 2.73 bits per heavy atom.